The Balaban J connectivity index is 3.36. The molecule has 0 heterocycles. The Morgan fingerprint density at radius 3 is 2.50 bits per heavy atom. The van der Waals surface area contributed by atoms with E-state index in [1.807, 2.05) is 6.92 Å². The number of methoxy groups -OCH3 is 1. The summed E-state index contributed by atoms with van der Waals surface area (Å²) in [6.45, 7) is 4.58. The Morgan fingerprint density at radius 2 is 1.88 bits per heavy atom. The average molecular weight is 247 g/mol. The third kappa shape index (κ3) is 9.67. The average Bonchev–Trinajstić information content (AvgIpc) is 2.26. The number of nitrogens with one attached hydrogen (secondary N) is 3. The van der Waals surface area contributed by atoms with Gasteiger partial charge in [-0.05, 0) is 18.6 Å². The molecule has 0 bridgehead atoms. The molecule has 0 fully saturated rings. The van der Waals surface area contributed by atoms with Gasteiger partial charge >= 0.3 is 0 Å². The van der Waals surface area contributed by atoms with Gasteiger partial charge in [-0.3, -0.25) is 4.79 Å². The van der Waals surface area contributed by atoms with Gasteiger partial charge in [-0.2, -0.15) is 0 Å². The van der Waals surface area contributed by atoms with Crippen LogP contribution < -0.4 is 16.0 Å². The van der Waals surface area contributed by atoms with Crippen molar-refractivity contribution in [1.82, 2.24) is 16.0 Å². The van der Waals surface area contributed by atoms with E-state index in [0.29, 0.717) is 31.2 Å². The van der Waals surface area contributed by atoms with Crippen LogP contribution in [0.2, 0.25) is 0 Å². The monoisotopic (exact) mass is 247 g/mol. The van der Waals surface area contributed by atoms with Gasteiger partial charge in [-0.25, -0.2) is 0 Å². The van der Waals surface area contributed by atoms with Crippen LogP contribution in [-0.4, -0.2) is 44.4 Å². The molecule has 0 aliphatic heterocycles. The molecule has 0 rings (SSSR count). The second-order valence-electron chi connectivity index (χ2n) is 3.28. The lowest BCUT2D eigenvalue weighted by Gasteiger charge is -2.09. The lowest BCUT2D eigenvalue weighted by molar-refractivity contribution is -0.120. The van der Waals surface area contributed by atoms with E-state index in [9.17, 15) is 4.79 Å². The zero-order valence-electron chi connectivity index (χ0n) is 9.97. The van der Waals surface area contributed by atoms with Crippen LogP contribution in [0.25, 0.3) is 0 Å². The molecule has 0 aromatic heterocycles. The molecule has 3 N–H and O–H groups in total. The minimum Gasteiger partial charge on any atom is -0.383 e. The molecule has 16 heavy (non-hydrogen) atoms. The van der Waals surface area contributed by atoms with Gasteiger partial charge in [0.2, 0.25) is 5.91 Å². The fourth-order valence-corrected chi connectivity index (χ4v) is 1.18. The smallest absolute Gasteiger partial charge is 0.221 e. The largest absolute Gasteiger partial charge is 0.383 e. The first-order chi connectivity index (χ1) is 7.70. The fourth-order valence-electron chi connectivity index (χ4n) is 0.971. The number of amides is 1. The minimum atomic E-state index is 0.0500. The van der Waals surface area contributed by atoms with E-state index < -0.39 is 0 Å². The number of ether oxygens (including phenoxy) is 1. The zero-order valence-corrected chi connectivity index (χ0v) is 10.8. The second kappa shape index (κ2) is 10.6. The summed E-state index contributed by atoms with van der Waals surface area (Å²) < 4.78 is 4.87. The molecule has 6 heteroatoms. The van der Waals surface area contributed by atoms with Gasteiger partial charge in [-0.15, -0.1) is 0 Å². The Bertz CT molecular complexity index is 212. The van der Waals surface area contributed by atoms with Crippen LogP contribution in [0.3, 0.4) is 0 Å². The maximum absolute atomic E-state index is 11.2. The van der Waals surface area contributed by atoms with Crippen molar-refractivity contribution in [2.45, 2.75) is 19.8 Å². The van der Waals surface area contributed by atoms with E-state index in [0.717, 1.165) is 13.0 Å². The first-order valence-corrected chi connectivity index (χ1v) is 5.88. The number of thiocarbonyl (C=S) groups is 1. The standard InChI is InChI=1S/C10H21N3O2S/c1-3-5-11-9(14)4-6-12-10(16)13-7-8-15-2/h3-8H2,1-2H3,(H,11,14)(H2,12,13,16). The summed E-state index contributed by atoms with van der Waals surface area (Å²) in [5.74, 6) is 0.0500. The summed E-state index contributed by atoms with van der Waals surface area (Å²) in [6, 6.07) is 0. The highest BCUT2D eigenvalue weighted by molar-refractivity contribution is 7.80. The Hall–Kier alpha value is -0.880. The molecule has 0 atom stereocenters. The molecule has 0 saturated carbocycles. The van der Waals surface area contributed by atoms with Crippen LogP contribution in [-0.2, 0) is 9.53 Å². The molecule has 0 aromatic rings. The van der Waals surface area contributed by atoms with Crippen molar-refractivity contribution >= 4 is 23.2 Å². The van der Waals surface area contributed by atoms with Crippen molar-refractivity contribution < 1.29 is 9.53 Å². The van der Waals surface area contributed by atoms with Gasteiger partial charge in [0.1, 0.15) is 0 Å². The predicted octanol–water partition coefficient (Wildman–Crippen LogP) is 0.0132. The predicted molar refractivity (Wildman–Crippen MR) is 68.4 cm³/mol. The molecule has 0 spiro atoms. The summed E-state index contributed by atoms with van der Waals surface area (Å²) in [7, 11) is 1.64. The number of carbonyl (C=O) groups excluding carboxylic acids is 1. The van der Waals surface area contributed by atoms with E-state index in [4.69, 9.17) is 17.0 Å². The van der Waals surface area contributed by atoms with Crippen LogP contribution in [0, 0.1) is 0 Å². The van der Waals surface area contributed by atoms with E-state index in [1.54, 1.807) is 7.11 Å². The molecule has 0 aromatic carbocycles. The molecule has 1 amide bonds. The highest BCUT2D eigenvalue weighted by Gasteiger charge is 2.00. The van der Waals surface area contributed by atoms with Gasteiger partial charge in [0, 0.05) is 33.2 Å². The van der Waals surface area contributed by atoms with Gasteiger partial charge in [-0.1, -0.05) is 6.92 Å². The first kappa shape index (κ1) is 15.1. The number of rotatable bonds is 8. The van der Waals surface area contributed by atoms with Crippen molar-refractivity contribution in [1.29, 1.82) is 0 Å². The molecule has 0 aliphatic carbocycles. The lowest BCUT2D eigenvalue weighted by atomic mass is 10.4. The van der Waals surface area contributed by atoms with Crippen LogP contribution in [0.5, 0.6) is 0 Å². The normalized spacial score (nSPS) is 9.62. The van der Waals surface area contributed by atoms with Crippen molar-refractivity contribution in [3.63, 3.8) is 0 Å². The molecule has 0 saturated heterocycles. The SMILES string of the molecule is CCCNC(=O)CCNC(=S)NCCOC. The van der Waals surface area contributed by atoms with E-state index in [1.165, 1.54) is 0 Å². The van der Waals surface area contributed by atoms with Crippen molar-refractivity contribution in [2.75, 3.05) is 33.4 Å². The third-order valence-corrected chi connectivity index (χ3v) is 2.09. The molecular weight excluding hydrogens is 226 g/mol. The summed E-state index contributed by atoms with van der Waals surface area (Å²) in [5, 5.41) is 9.27. The van der Waals surface area contributed by atoms with E-state index in [2.05, 4.69) is 16.0 Å². The van der Waals surface area contributed by atoms with E-state index in [-0.39, 0.29) is 5.91 Å². The zero-order chi connectivity index (χ0) is 12.2. The lowest BCUT2D eigenvalue weighted by Crippen LogP contribution is -2.39. The van der Waals surface area contributed by atoms with Crippen molar-refractivity contribution in [2.24, 2.45) is 0 Å². The maximum Gasteiger partial charge on any atom is 0.221 e. The highest BCUT2D eigenvalue weighted by Crippen LogP contribution is 1.79. The number of carbonyl (C=O) groups is 1. The molecule has 5 nitrogen and oxygen atoms in total. The van der Waals surface area contributed by atoms with Crippen molar-refractivity contribution in [3.05, 3.63) is 0 Å². The molecule has 94 valence electrons. The summed E-state index contributed by atoms with van der Waals surface area (Å²) >= 11 is 5.00. The third-order valence-electron chi connectivity index (χ3n) is 1.80. The summed E-state index contributed by atoms with van der Waals surface area (Å²) in [5.41, 5.74) is 0. The minimum absolute atomic E-state index is 0.0500. The summed E-state index contributed by atoms with van der Waals surface area (Å²) in [4.78, 5) is 11.2. The number of hydrogen-bond acceptors (Lipinski definition) is 3. The van der Waals surface area contributed by atoms with Gasteiger partial charge < -0.3 is 20.7 Å². The highest BCUT2D eigenvalue weighted by atomic mass is 32.1. The maximum atomic E-state index is 11.2. The topological polar surface area (TPSA) is 62.4 Å². The fraction of sp³-hybridized carbons (Fsp3) is 0.800. The van der Waals surface area contributed by atoms with Crippen LogP contribution in [0.15, 0.2) is 0 Å². The Kier molecular flexibility index (Phi) is 10.0. The molecule has 0 unspecified atom stereocenters. The van der Waals surface area contributed by atoms with E-state index >= 15 is 0 Å². The Morgan fingerprint density at radius 1 is 1.19 bits per heavy atom. The Labute approximate surface area is 102 Å². The van der Waals surface area contributed by atoms with Crippen molar-refractivity contribution in [3.8, 4) is 0 Å². The summed E-state index contributed by atoms with van der Waals surface area (Å²) in [6.07, 6.45) is 1.39. The quantitative estimate of drug-likeness (QED) is 0.417. The van der Waals surface area contributed by atoms with Crippen LogP contribution in [0.1, 0.15) is 19.8 Å². The van der Waals surface area contributed by atoms with Crippen LogP contribution in [0.4, 0.5) is 0 Å². The number of hydrogen-bond donors (Lipinski definition) is 3. The van der Waals surface area contributed by atoms with Gasteiger partial charge in [0.05, 0.1) is 6.61 Å². The molecule has 0 aliphatic rings. The molecule has 0 radical (unpaired) electrons. The van der Waals surface area contributed by atoms with Gasteiger partial charge in [0.15, 0.2) is 5.11 Å². The van der Waals surface area contributed by atoms with Crippen LogP contribution >= 0.6 is 12.2 Å². The molecular formula is C10H21N3O2S. The van der Waals surface area contributed by atoms with Gasteiger partial charge in [0.25, 0.3) is 0 Å². The first-order valence-electron chi connectivity index (χ1n) is 5.48. The second-order valence-corrected chi connectivity index (χ2v) is 3.68.